The molecule has 0 aliphatic rings. The highest BCUT2D eigenvalue weighted by molar-refractivity contribution is 6.18. The molecule has 0 aliphatic carbocycles. The number of H-pyrrole nitrogens is 2. The quantitative estimate of drug-likeness (QED) is 0.451. The van der Waals surface area contributed by atoms with Gasteiger partial charge < -0.3 is 9.97 Å². The number of aromatic nitrogens is 2. The van der Waals surface area contributed by atoms with Gasteiger partial charge in [0.2, 0.25) is 0 Å². The fourth-order valence-electron chi connectivity index (χ4n) is 2.89. The third kappa shape index (κ3) is 1.07. The normalized spacial score (nSPS) is 11.9. The number of nitrogens with one attached hydrogen (secondary N) is 2. The zero-order valence-electron chi connectivity index (χ0n) is 10.5. The Labute approximate surface area is 105 Å². The van der Waals surface area contributed by atoms with Gasteiger partial charge in [0.05, 0.1) is 11.0 Å². The van der Waals surface area contributed by atoms with Crippen LogP contribution >= 0.6 is 0 Å². The molecule has 2 aromatic carbocycles. The van der Waals surface area contributed by atoms with Crippen LogP contribution in [0.25, 0.3) is 32.6 Å². The molecule has 2 N–H and O–H groups in total. The summed E-state index contributed by atoms with van der Waals surface area (Å²) in [6.45, 7) is 4.29. The molecule has 0 amide bonds. The number of fused-ring (bicyclic) bond motifs is 5. The van der Waals surface area contributed by atoms with E-state index in [2.05, 4.69) is 60.5 Å². The molecule has 0 radical (unpaired) electrons. The minimum atomic E-state index is 1.23. The van der Waals surface area contributed by atoms with Crippen molar-refractivity contribution in [1.29, 1.82) is 0 Å². The van der Waals surface area contributed by atoms with Crippen molar-refractivity contribution in [3.8, 4) is 0 Å². The fraction of sp³-hybridized carbons (Fsp3) is 0.125. The zero-order chi connectivity index (χ0) is 12.3. The lowest BCUT2D eigenvalue weighted by Crippen LogP contribution is -1.79. The largest absolute Gasteiger partial charge is 0.360 e. The predicted octanol–water partition coefficient (Wildman–Crippen LogP) is 4.42. The van der Waals surface area contributed by atoms with Gasteiger partial charge in [-0.2, -0.15) is 0 Å². The van der Waals surface area contributed by atoms with Gasteiger partial charge in [-0.1, -0.05) is 24.3 Å². The Morgan fingerprint density at radius 1 is 0.722 bits per heavy atom. The highest BCUT2D eigenvalue weighted by Gasteiger charge is 2.09. The molecule has 0 atom stereocenters. The maximum absolute atomic E-state index is 3.41. The summed E-state index contributed by atoms with van der Waals surface area (Å²) in [7, 11) is 0. The van der Waals surface area contributed by atoms with Gasteiger partial charge >= 0.3 is 0 Å². The van der Waals surface area contributed by atoms with Gasteiger partial charge in [0, 0.05) is 28.6 Å². The molecule has 0 unspecified atom stereocenters. The van der Waals surface area contributed by atoms with E-state index in [0.717, 1.165) is 0 Å². The number of benzene rings is 2. The van der Waals surface area contributed by atoms with Gasteiger partial charge in [0.25, 0.3) is 0 Å². The van der Waals surface area contributed by atoms with Crippen LogP contribution in [-0.4, -0.2) is 9.97 Å². The highest BCUT2D eigenvalue weighted by atomic mass is 14.7. The first-order valence-electron chi connectivity index (χ1n) is 6.23. The molecule has 2 nitrogen and oxygen atoms in total. The Bertz CT molecular complexity index is 822. The molecule has 4 rings (SSSR count). The third-order valence-electron chi connectivity index (χ3n) is 3.90. The van der Waals surface area contributed by atoms with E-state index in [0.29, 0.717) is 0 Å². The van der Waals surface area contributed by atoms with Gasteiger partial charge in [-0.15, -0.1) is 0 Å². The summed E-state index contributed by atoms with van der Waals surface area (Å²) in [5.41, 5.74) is 5.06. The molecule has 2 heteroatoms. The van der Waals surface area contributed by atoms with Crippen molar-refractivity contribution in [3.05, 3.63) is 47.8 Å². The summed E-state index contributed by atoms with van der Waals surface area (Å²) < 4.78 is 0. The summed E-state index contributed by atoms with van der Waals surface area (Å²) in [6, 6.07) is 8.80. The summed E-state index contributed by atoms with van der Waals surface area (Å²) in [5, 5.41) is 5.19. The van der Waals surface area contributed by atoms with E-state index in [1.807, 2.05) is 0 Å². The monoisotopic (exact) mass is 234 g/mol. The van der Waals surface area contributed by atoms with Crippen molar-refractivity contribution >= 4 is 32.6 Å². The van der Waals surface area contributed by atoms with E-state index in [9.17, 15) is 0 Å². The number of hydrogen-bond donors (Lipinski definition) is 2. The van der Waals surface area contributed by atoms with Crippen LogP contribution in [0.2, 0.25) is 0 Å². The van der Waals surface area contributed by atoms with Gasteiger partial charge in [-0.25, -0.2) is 0 Å². The number of hydrogen-bond acceptors (Lipinski definition) is 0. The fourth-order valence-corrected chi connectivity index (χ4v) is 2.89. The second kappa shape index (κ2) is 3.16. The van der Waals surface area contributed by atoms with Crippen LogP contribution < -0.4 is 0 Å². The average molecular weight is 234 g/mol. The van der Waals surface area contributed by atoms with Crippen LogP contribution in [0.4, 0.5) is 0 Å². The molecule has 4 aromatic rings. The molecule has 0 saturated carbocycles. The zero-order valence-corrected chi connectivity index (χ0v) is 10.5. The van der Waals surface area contributed by atoms with Crippen LogP contribution in [0.15, 0.2) is 36.7 Å². The molecular weight excluding hydrogens is 220 g/mol. The van der Waals surface area contributed by atoms with Crippen molar-refractivity contribution in [2.45, 2.75) is 13.8 Å². The van der Waals surface area contributed by atoms with E-state index in [1.165, 1.54) is 43.7 Å². The second-order valence-electron chi connectivity index (χ2n) is 5.02. The number of aromatic amines is 2. The van der Waals surface area contributed by atoms with Crippen LogP contribution in [0, 0.1) is 13.8 Å². The Kier molecular flexibility index (Phi) is 1.72. The van der Waals surface area contributed by atoms with Gasteiger partial charge in [-0.3, -0.25) is 0 Å². The van der Waals surface area contributed by atoms with E-state index in [4.69, 9.17) is 0 Å². The lowest BCUT2D eigenvalue weighted by Gasteiger charge is -2.03. The minimum Gasteiger partial charge on any atom is -0.360 e. The van der Waals surface area contributed by atoms with E-state index in [-0.39, 0.29) is 0 Å². The summed E-state index contributed by atoms with van der Waals surface area (Å²) in [4.78, 5) is 6.82. The second-order valence-corrected chi connectivity index (χ2v) is 5.02. The van der Waals surface area contributed by atoms with E-state index < -0.39 is 0 Å². The summed E-state index contributed by atoms with van der Waals surface area (Å²) >= 11 is 0. The van der Waals surface area contributed by atoms with E-state index >= 15 is 0 Å². The Balaban J connectivity index is 2.37. The van der Waals surface area contributed by atoms with Gasteiger partial charge in [0.15, 0.2) is 0 Å². The van der Waals surface area contributed by atoms with E-state index in [1.54, 1.807) is 0 Å². The first-order valence-corrected chi connectivity index (χ1v) is 6.23. The van der Waals surface area contributed by atoms with Crippen LogP contribution in [-0.2, 0) is 0 Å². The van der Waals surface area contributed by atoms with Crippen molar-refractivity contribution in [1.82, 2.24) is 9.97 Å². The molecule has 0 fully saturated rings. The predicted molar refractivity (Wildman–Crippen MR) is 77.1 cm³/mol. The molecule has 0 aliphatic heterocycles. The Hall–Kier alpha value is -2.22. The minimum absolute atomic E-state index is 1.23. The molecule has 2 heterocycles. The standard InChI is InChI=1S/C16H14N2/c1-9-7-17-15-12(9)5-3-11-4-6-13-10(2)8-18-16(13)14(11)15/h3-8,17-18H,1-2H3. The SMILES string of the molecule is Cc1c[nH]c2c1ccc1ccc3c(C)c[nH]c3c12. The average Bonchev–Trinajstić information content (AvgIpc) is 2.94. The molecule has 0 bridgehead atoms. The molecular formula is C16H14N2. The Morgan fingerprint density at radius 3 is 1.72 bits per heavy atom. The maximum atomic E-state index is 3.41. The number of rotatable bonds is 0. The first kappa shape index (κ1) is 9.77. The molecule has 0 saturated heterocycles. The molecule has 0 spiro atoms. The Morgan fingerprint density at radius 2 is 1.22 bits per heavy atom. The highest BCUT2D eigenvalue weighted by Crippen LogP contribution is 2.33. The van der Waals surface area contributed by atoms with Crippen molar-refractivity contribution in [2.24, 2.45) is 0 Å². The first-order chi connectivity index (χ1) is 8.75. The topological polar surface area (TPSA) is 31.6 Å². The van der Waals surface area contributed by atoms with Crippen LogP contribution in [0.5, 0.6) is 0 Å². The van der Waals surface area contributed by atoms with Gasteiger partial charge in [0.1, 0.15) is 0 Å². The third-order valence-corrected chi connectivity index (χ3v) is 3.90. The van der Waals surface area contributed by atoms with Crippen LogP contribution in [0.3, 0.4) is 0 Å². The molecule has 88 valence electrons. The summed E-state index contributed by atoms with van der Waals surface area (Å²) in [5.74, 6) is 0. The van der Waals surface area contributed by atoms with Gasteiger partial charge in [-0.05, 0) is 30.4 Å². The van der Waals surface area contributed by atoms with Crippen molar-refractivity contribution in [2.75, 3.05) is 0 Å². The smallest absolute Gasteiger partial charge is 0.0557 e. The van der Waals surface area contributed by atoms with Crippen LogP contribution in [0.1, 0.15) is 11.1 Å². The number of aryl methyl sites for hydroxylation is 2. The lowest BCUT2D eigenvalue weighted by atomic mass is 10.0. The lowest BCUT2D eigenvalue weighted by molar-refractivity contribution is 1.42. The summed E-state index contributed by atoms with van der Waals surface area (Å²) in [6.07, 6.45) is 4.16. The van der Waals surface area contributed by atoms with Crippen molar-refractivity contribution in [3.63, 3.8) is 0 Å². The maximum Gasteiger partial charge on any atom is 0.0557 e. The molecule has 18 heavy (non-hydrogen) atoms. The van der Waals surface area contributed by atoms with Crippen molar-refractivity contribution < 1.29 is 0 Å². The molecule has 2 aromatic heterocycles.